The zero-order chi connectivity index (χ0) is 17.9. The van der Waals surface area contributed by atoms with Gasteiger partial charge in [-0.25, -0.2) is 0 Å². The maximum Gasteiger partial charge on any atom is 0.305 e. The normalized spacial score (nSPS) is 37.2. The molecular formula is C20H30O6. The predicted molar refractivity (Wildman–Crippen MR) is 92.4 cm³/mol. The Labute approximate surface area is 154 Å². The largest absolute Gasteiger partial charge is 0.465 e. The van der Waals surface area contributed by atoms with Crippen molar-refractivity contribution in [3.63, 3.8) is 0 Å². The van der Waals surface area contributed by atoms with E-state index in [0.717, 1.165) is 38.5 Å². The third-order valence-corrected chi connectivity index (χ3v) is 6.20. The maximum atomic E-state index is 11.8. The van der Waals surface area contributed by atoms with Gasteiger partial charge in [-0.05, 0) is 63.2 Å². The van der Waals surface area contributed by atoms with E-state index >= 15 is 0 Å². The molecule has 2 aliphatic carbocycles. The van der Waals surface area contributed by atoms with Crippen LogP contribution in [-0.2, 0) is 28.5 Å². The summed E-state index contributed by atoms with van der Waals surface area (Å²) in [6.07, 6.45) is 10.4. The Bertz CT molecular complexity index is 474. The highest BCUT2D eigenvalue weighted by molar-refractivity contribution is 5.70. The van der Waals surface area contributed by atoms with Gasteiger partial charge < -0.3 is 18.9 Å². The van der Waals surface area contributed by atoms with Crippen molar-refractivity contribution in [2.24, 2.45) is 11.8 Å². The summed E-state index contributed by atoms with van der Waals surface area (Å²) in [6.45, 7) is 1.03. The number of esters is 2. The standard InChI is InChI=1S/C20H30O6/c21-19(23-11-13-5-7-15-17(9-13)25-15)3-1-2-4-20(22)24-12-14-6-8-16-18(10-14)26-16/h13-18H,1-12H2/t13-,14-,15-,16+,17-,18-/m1/s1. The van der Waals surface area contributed by atoms with E-state index in [4.69, 9.17) is 18.9 Å². The molecule has 0 aromatic carbocycles. The van der Waals surface area contributed by atoms with E-state index in [1.807, 2.05) is 0 Å². The van der Waals surface area contributed by atoms with Gasteiger partial charge in [0.1, 0.15) is 0 Å². The van der Waals surface area contributed by atoms with Crippen LogP contribution < -0.4 is 0 Å². The lowest BCUT2D eigenvalue weighted by molar-refractivity contribution is -0.147. The van der Waals surface area contributed by atoms with Gasteiger partial charge in [0, 0.05) is 12.8 Å². The highest BCUT2D eigenvalue weighted by Crippen LogP contribution is 2.40. The first-order valence-corrected chi connectivity index (χ1v) is 10.3. The summed E-state index contributed by atoms with van der Waals surface area (Å²) in [4.78, 5) is 23.6. The van der Waals surface area contributed by atoms with Gasteiger partial charge in [-0.3, -0.25) is 9.59 Å². The van der Waals surface area contributed by atoms with Gasteiger partial charge in [0.2, 0.25) is 0 Å². The van der Waals surface area contributed by atoms with E-state index in [-0.39, 0.29) is 11.9 Å². The lowest BCUT2D eigenvalue weighted by Gasteiger charge is -2.18. The first-order chi connectivity index (χ1) is 12.7. The average Bonchev–Trinajstić information content (AvgIpc) is 3.55. The molecule has 0 aromatic rings. The highest BCUT2D eigenvalue weighted by atomic mass is 16.6. The number of carbonyl (C=O) groups excluding carboxylic acids is 2. The van der Waals surface area contributed by atoms with Crippen LogP contribution in [-0.4, -0.2) is 49.6 Å². The summed E-state index contributed by atoms with van der Waals surface area (Å²) < 4.78 is 21.7. The van der Waals surface area contributed by atoms with Crippen LogP contribution in [0.2, 0.25) is 0 Å². The van der Waals surface area contributed by atoms with Crippen LogP contribution in [0.3, 0.4) is 0 Å². The van der Waals surface area contributed by atoms with Crippen molar-refractivity contribution in [2.45, 2.75) is 88.6 Å². The summed E-state index contributed by atoms with van der Waals surface area (Å²) in [7, 11) is 0. The van der Waals surface area contributed by atoms with Crippen LogP contribution in [0.1, 0.15) is 64.2 Å². The minimum atomic E-state index is -0.154. The Morgan fingerprint density at radius 3 is 1.58 bits per heavy atom. The predicted octanol–water partition coefficient (Wildman–Crippen LogP) is 2.77. The number of carbonyl (C=O) groups is 2. The van der Waals surface area contributed by atoms with Gasteiger partial charge in [0.15, 0.2) is 0 Å². The minimum Gasteiger partial charge on any atom is -0.465 e. The molecule has 0 unspecified atom stereocenters. The van der Waals surface area contributed by atoms with Crippen LogP contribution in [0.5, 0.6) is 0 Å². The molecule has 4 fully saturated rings. The van der Waals surface area contributed by atoms with Crippen LogP contribution in [0, 0.1) is 11.8 Å². The van der Waals surface area contributed by atoms with Crippen molar-refractivity contribution in [2.75, 3.05) is 13.2 Å². The quantitative estimate of drug-likeness (QED) is 0.355. The maximum absolute atomic E-state index is 11.8. The van der Waals surface area contributed by atoms with E-state index in [1.54, 1.807) is 0 Å². The molecule has 0 radical (unpaired) electrons. The molecule has 6 atom stereocenters. The summed E-state index contributed by atoms with van der Waals surface area (Å²) in [6, 6.07) is 0. The Balaban J connectivity index is 0.992. The molecule has 2 saturated carbocycles. The van der Waals surface area contributed by atoms with E-state index in [1.165, 1.54) is 0 Å². The van der Waals surface area contributed by atoms with Crippen LogP contribution in [0.15, 0.2) is 0 Å². The Kier molecular flexibility index (Phi) is 5.79. The van der Waals surface area contributed by atoms with E-state index in [2.05, 4.69) is 0 Å². The molecular weight excluding hydrogens is 336 g/mol. The second-order valence-electron chi connectivity index (χ2n) is 8.36. The van der Waals surface area contributed by atoms with Crippen LogP contribution in [0.4, 0.5) is 0 Å². The number of hydrogen-bond donors (Lipinski definition) is 0. The van der Waals surface area contributed by atoms with Crippen molar-refractivity contribution in [3.05, 3.63) is 0 Å². The number of unbranched alkanes of at least 4 members (excludes halogenated alkanes) is 1. The van der Waals surface area contributed by atoms with Gasteiger partial charge in [-0.15, -0.1) is 0 Å². The lowest BCUT2D eigenvalue weighted by Crippen LogP contribution is -2.20. The number of fused-ring (bicyclic) bond motifs is 2. The third kappa shape index (κ3) is 5.19. The molecule has 6 nitrogen and oxygen atoms in total. The summed E-state index contributed by atoms with van der Waals surface area (Å²) >= 11 is 0. The highest BCUT2D eigenvalue weighted by Gasteiger charge is 2.44. The fourth-order valence-electron chi connectivity index (χ4n) is 4.38. The molecule has 0 spiro atoms. The average molecular weight is 366 g/mol. The molecule has 26 heavy (non-hydrogen) atoms. The first-order valence-electron chi connectivity index (χ1n) is 10.3. The Morgan fingerprint density at radius 2 is 1.15 bits per heavy atom. The molecule has 2 aliphatic heterocycles. The molecule has 0 amide bonds. The number of rotatable bonds is 9. The summed E-state index contributed by atoms with van der Waals surface area (Å²) in [5, 5.41) is 0. The monoisotopic (exact) mass is 366 g/mol. The fourth-order valence-corrected chi connectivity index (χ4v) is 4.38. The van der Waals surface area contributed by atoms with Gasteiger partial charge in [0.25, 0.3) is 0 Å². The second kappa shape index (κ2) is 8.26. The molecule has 0 aromatic heterocycles. The second-order valence-corrected chi connectivity index (χ2v) is 8.36. The smallest absolute Gasteiger partial charge is 0.305 e. The minimum absolute atomic E-state index is 0.154. The molecule has 6 heteroatoms. The molecule has 146 valence electrons. The van der Waals surface area contributed by atoms with Crippen LogP contribution >= 0.6 is 0 Å². The fraction of sp³-hybridized carbons (Fsp3) is 0.900. The third-order valence-electron chi connectivity index (χ3n) is 6.20. The van der Waals surface area contributed by atoms with Gasteiger partial charge in [0.05, 0.1) is 37.6 Å². The topological polar surface area (TPSA) is 77.7 Å². The van der Waals surface area contributed by atoms with Crippen LogP contribution in [0.25, 0.3) is 0 Å². The van der Waals surface area contributed by atoms with Gasteiger partial charge in [-0.2, -0.15) is 0 Å². The zero-order valence-electron chi connectivity index (χ0n) is 15.4. The number of hydrogen-bond acceptors (Lipinski definition) is 6. The van der Waals surface area contributed by atoms with Crippen molar-refractivity contribution in [1.82, 2.24) is 0 Å². The van der Waals surface area contributed by atoms with E-state index < -0.39 is 0 Å². The molecule has 0 bridgehead atoms. The lowest BCUT2D eigenvalue weighted by atomic mass is 9.90. The number of ether oxygens (including phenoxy) is 4. The van der Waals surface area contributed by atoms with E-state index in [0.29, 0.717) is 75.1 Å². The summed E-state index contributed by atoms with van der Waals surface area (Å²) in [5.41, 5.74) is 0. The van der Waals surface area contributed by atoms with E-state index in [9.17, 15) is 9.59 Å². The van der Waals surface area contributed by atoms with Crippen molar-refractivity contribution < 1.29 is 28.5 Å². The zero-order valence-corrected chi connectivity index (χ0v) is 15.4. The van der Waals surface area contributed by atoms with Crippen molar-refractivity contribution >= 4 is 11.9 Å². The van der Waals surface area contributed by atoms with Crippen molar-refractivity contribution in [3.8, 4) is 0 Å². The molecule has 4 aliphatic rings. The molecule has 2 saturated heterocycles. The molecule has 0 N–H and O–H groups in total. The number of epoxide rings is 2. The SMILES string of the molecule is O=C(CCCCC(=O)OC[C@@H]1CC[C@H]2O[C@@H]2C1)OC[C@@H]1CC[C@@H]2O[C@@H]2C1. The van der Waals surface area contributed by atoms with Gasteiger partial charge in [-0.1, -0.05) is 0 Å². The van der Waals surface area contributed by atoms with Crippen molar-refractivity contribution in [1.29, 1.82) is 0 Å². The molecule has 2 heterocycles. The molecule has 4 rings (SSSR count). The first kappa shape index (κ1) is 18.2. The Morgan fingerprint density at radius 1 is 0.692 bits per heavy atom. The summed E-state index contributed by atoms with van der Waals surface area (Å²) in [5.74, 6) is 0.597. The Hall–Kier alpha value is -1.14. The van der Waals surface area contributed by atoms with Gasteiger partial charge >= 0.3 is 11.9 Å².